The number of ketones is 1. The van der Waals surface area contributed by atoms with E-state index in [-0.39, 0.29) is 11.7 Å². The molecular formula is C16H20O3. The standard InChI is InChI=1S/C16H20O3/c1-11(16(18)19)12-7-9-14(10-8-12)15(17)13-5-3-2-4-6-13/h7-11,13H,2-6H2,1H3,(H,18,19)/t11-/m0/s1. The molecule has 3 nitrogen and oxygen atoms in total. The number of carbonyl (C=O) groups is 2. The number of benzene rings is 1. The summed E-state index contributed by atoms with van der Waals surface area (Å²) in [7, 11) is 0. The molecule has 1 atom stereocenters. The van der Waals surface area contributed by atoms with Crippen molar-refractivity contribution in [3.05, 3.63) is 35.4 Å². The Hall–Kier alpha value is -1.64. The van der Waals surface area contributed by atoms with Gasteiger partial charge in [0.25, 0.3) is 0 Å². The summed E-state index contributed by atoms with van der Waals surface area (Å²) in [4.78, 5) is 23.2. The lowest BCUT2D eigenvalue weighted by molar-refractivity contribution is -0.138. The number of Topliss-reactive ketones (excluding diaryl/α,β-unsaturated/α-hetero) is 1. The average Bonchev–Trinajstić information content (AvgIpc) is 2.46. The van der Waals surface area contributed by atoms with Crippen molar-refractivity contribution in [3.8, 4) is 0 Å². The summed E-state index contributed by atoms with van der Waals surface area (Å²) >= 11 is 0. The fraction of sp³-hybridized carbons (Fsp3) is 0.500. The van der Waals surface area contributed by atoms with Crippen molar-refractivity contribution in [2.45, 2.75) is 44.9 Å². The van der Waals surface area contributed by atoms with Gasteiger partial charge in [0.15, 0.2) is 5.78 Å². The second-order valence-electron chi connectivity index (χ2n) is 5.38. The largest absolute Gasteiger partial charge is 0.481 e. The third-order valence-electron chi connectivity index (χ3n) is 4.04. The highest BCUT2D eigenvalue weighted by Gasteiger charge is 2.22. The van der Waals surface area contributed by atoms with Crippen LogP contribution in [0.25, 0.3) is 0 Å². The molecule has 1 aliphatic rings. The Balaban J connectivity index is 2.09. The van der Waals surface area contributed by atoms with Crippen LogP contribution in [0.2, 0.25) is 0 Å². The van der Waals surface area contributed by atoms with E-state index in [1.807, 2.05) is 0 Å². The molecule has 1 aromatic rings. The molecule has 0 amide bonds. The van der Waals surface area contributed by atoms with Gasteiger partial charge in [-0.15, -0.1) is 0 Å². The molecule has 1 aromatic carbocycles. The predicted molar refractivity (Wildman–Crippen MR) is 73.4 cm³/mol. The Morgan fingerprint density at radius 2 is 1.68 bits per heavy atom. The summed E-state index contributed by atoms with van der Waals surface area (Å²) < 4.78 is 0. The van der Waals surface area contributed by atoms with E-state index in [2.05, 4.69) is 0 Å². The van der Waals surface area contributed by atoms with E-state index in [1.54, 1.807) is 31.2 Å². The van der Waals surface area contributed by atoms with Gasteiger partial charge in [-0.25, -0.2) is 0 Å². The van der Waals surface area contributed by atoms with Gasteiger partial charge in [0.05, 0.1) is 5.92 Å². The lowest BCUT2D eigenvalue weighted by Crippen LogP contribution is -2.18. The highest BCUT2D eigenvalue weighted by molar-refractivity contribution is 5.98. The number of carboxylic acids is 1. The van der Waals surface area contributed by atoms with Crippen molar-refractivity contribution in [2.24, 2.45) is 5.92 Å². The molecule has 0 bridgehead atoms. The van der Waals surface area contributed by atoms with Crippen LogP contribution in [0.3, 0.4) is 0 Å². The SMILES string of the molecule is C[C@H](C(=O)O)c1ccc(C(=O)C2CCCCC2)cc1. The van der Waals surface area contributed by atoms with Crippen molar-refractivity contribution >= 4 is 11.8 Å². The van der Waals surface area contributed by atoms with E-state index >= 15 is 0 Å². The zero-order valence-corrected chi connectivity index (χ0v) is 11.3. The monoisotopic (exact) mass is 260 g/mol. The first-order chi connectivity index (χ1) is 9.09. The summed E-state index contributed by atoms with van der Waals surface area (Å²) in [6.45, 7) is 1.65. The van der Waals surface area contributed by atoms with Crippen LogP contribution < -0.4 is 0 Å². The first-order valence-corrected chi connectivity index (χ1v) is 6.96. The lowest BCUT2D eigenvalue weighted by atomic mass is 9.83. The Kier molecular flexibility index (Phi) is 4.35. The normalized spacial score (nSPS) is 17.9. The maximum absolute atomic E-state index is 12.3. The highest BCUT2D eigenvalue weighted by Crippen LogP contribution is 2.27. The molecule has 0 aromatic heterocycles. The van der Waals surface area contributed by atoms with Gasteiger partial charge in [0.2, 0.25) is 0 Å². The van der Waals surface area contributed by atoms with Crippen LogP contribution in [0.15, 0.2) is 24.3 Å². The van der Waals surface area contributed by atoms with E-state index in [0.717, 1.165) is 31.2 Å². The molecule has 0 radical (unpaired) electrons. The number of aliphatic carboxylic acids is 1. The highest BCUT2D eigenvalue weighted by atomic mass is 16.4. The van der Waals surface area contributed by atoms with Crippen LogP contribution in [0.1, 0.15) is 60.9 Å². The molecule has 19 heavy (non-hydrogen) atoms. The van der Waals surface area contributed by atoms with Gasteiger partial charge in [-0.3, -0.25) is 9.59 Å². The van der Waals surface area contributed by atoms with Crippen molar-refractivity contribution in [2.75, 3.05) is 0 Å². The van der Waals surface area contributed by atoms with Crippen molar-refractivity contribution in [3.63, 3.8) is 0 Å². The van der Waals surface area contributed by atoms with Crippen molar-refractivity contribution in [1.82, 2.24) is 0 Å². The van der Waals surface area contributed by atoms with Gasteiger partial charge in [-0.05, 0) is 25.3 Å². The first-order valence-electron chi connectivity index (χ1n) is 6.96. The molecule has 2 rings (SSSR count). The van der Waals surface area contributed by atoms with Crippen molar-refractivity contribution < 1.29 is 14.7 Å². The van der Waals surface area contributed by atoms with Crippen LogP contribution in [0.4, 0.5) is 0 Å². The summed E-state index contributed by atoms with van der Waals surface area (Å²) in [5.41, 5.74) is 1.46. The van der Waals surface area contributed by atoms with Crippen molar-refractivity contribution in [1.29, 1.82) is 0 Å². The van der Waals surface area contributed by atoms with Crippen LogP contribution in [-0.4, -0.2) is 16.9 Å². The summed E-state index contributed by atoms with van der Waals surface area (Å²) in [6, 6.07) is 7.06. The number of carboxylic acid groups (broad SMARTS) is 1. The molecular weight excluding hydrogens is 240 g/mol. The molecule has 3 heteroatoms. The average molecular weight is 260 g/mol. The van der Waals surface area contributed by atoms with E-state index in [9.17, 15) is 9.59 Å². The van der Waals surface area contributed by atoms with Gasteiger partial charge >= 0.3 is 5.97 Å². The Labute approximate surface area is 113 Å². The fourth-order valence-electron chi connectivity index (χ4n) is 2.68. The first kappa shape index (κ1) is 13.8. The fourth-order valence-corrected chi connectivity index (χ4v) is 2.68. The minimum atomic E-state index is -0.841. The van der Waals surface area contributed by atoms with Crippen LogP contribution in [-0.2, 0) is 4.79 Å². The predicted octanol–water partition coefficient (Wildman–Crippen LogP) is 3.64. The molecule has 0 unspecified atom stereocenters. The molecule has 0 aliphatic heterocycles. The Morgan fingerprint density at radius 1 is 1.11 bits per heavy atom. The second-order valence-corrected chi connectivity index (χ2v) is 5.38. The van der Waals surface area contributed by atoms with Crippen LogP contribution in [0.5, 0.6) is 0 Å². The molecule has 0 saturated heterocycles. The zero-order valence-electron chi connectivity index (χ0n) is 11.3. The summed E-state index contributed by atoms with van der Waals surface area (Å²) in [5.74, 6) is -0.990. The molecule has 1 fully saturated rings. The summed E-state index contributed by atoms with van der Waals surface area (Å²) in [5, 5.41) is 8.95. The second kappa shape index (κ2) is 6.00. The smallest absolute Gasteiger partial charge is 0.310 e. The van der Waals surface area contributed by atoms with Gasteiger partial charge < -0.3 is 5.11 Å². The van der Waals surface area contributed by atoms with Gasteiger partial charge in [0, 0.05) is 11.5 Å². The number of hydrogen-bond donors (Lipinski definition) is 1. The van der Waals surface area contributed by atoms with Gasteiger partial charge in [-0.1, -0.05) is 43.5 Å². The van der Waals surface area contributed by atoms with E-state index in [1.165, 1.54) is 6.42 Å². The third-order valence-corrected chi connectivity index (χ3v) is 4.04. The Bertz CT molecular complexity index is 455. The van der Waals surface area contributed by atoms with E-state index in [0.29, 0.717) is 5.56 Å². The molecule has 102 valence electrons. The minimum Gasteiger partial charge on any atom is -0.481 e. The van der Waals surface area contributed by atoms with Crippen LogP contribution >= 0.6 is 0 Å². The lowest BCUT2D eigenvalue weighted by Gasteiger charge is -2.20. The maximum Gasteiger partial charge on any atom is 0.310 e. The Morgan fingerprint density at radius 3 is 2.21 bits per heavy atom. The van der Waals surface area contributed by atoms with E-state index in [4.69, 9.17) is 5.11 Å². The molecule has 1 saturated carbocycles. The number of rotatable bonds is 4. The summed E-state index contributed by atoms with van der Waals surface area (Å²) in [6.07, 6.45) is 5.51. The number of carbonyl (C=O) groups excluding carboxylic acids is 1. The topological polar surface area (TPSA) is 54.4 Å². The third kappa shape index (κ3) is 3.22. The molecule has 1 N–H and O–H groups in total. The van der Waals surface area contributed by atoms with E-state index < -0.39 is 11.9 Å². The zero-order chi connectivity index (χ0) is 13.8. The van der Waals surface area contributed by atoms with Crippen LogP contribution in [0, 0.1) is 5.92 Å². The van der Waals surface area contributed by atoms with Gasteiger partial charge in [-0.2, -0.15) is 0 Å². The molecule has 0 spiro atoms. The molecule has 1 aliphatic carbocycles. The van der Waals surface area contributed by atoms with Gasteiger partial charge in [0.1, 0.15) is 0 Å². The minimum absolute atomic E-state index is 0.163. The quantitative estimate of drug-likeness (QED) is 0.841. The number of hydrogen-bond acceptors (Lipinski definition) is 2. The maximum atomic E-state index is 12.3. The molecule has 0 heterocycles.